The normalized spacial score (nSPS) is 15.5. The molecule has 6 nitrogen and oxygen atoms in total. The number of ether oxygens (including phenoxy) is 2. The number of fused-ring (bicyclic) bond motifs is 1. The average Bonchev–Trinajstić information content (AvgIpc) is 2.68. The minimum Gasteiger partial charge on any atom is -0.507 e. The number of carbonyl (C=O) groups is 3. The van der Waals surface area contributed by atoms with Gasteiger partial charge in [0.2, 0.25) is 0 Å². The Kier molecular flexibility index (Phi) is 6.09. The number of rotatable bonds is 7. The van der Waals surface area contributed by atoms with E-state index in [9.17, 15) is 19.5 Å². The van der Waals surface area contributed by atoms with E-state index in [2.05, 4.69) is 0 Å². The van der Waals surface area contributed by atoms with Crippen molar-refractivity contribution in [1.29, 1.82) is 0 Å². The zero-order chi connectivity index (χ0) is 20.1. The maximum atomic E-state index is 12.6. The van der Waals surface area contributed by atoms with Crippen molar-refractivity contribution in [2.45, 2.75) is 38.7 Å². The molecule has 1 aliphatic rings. The van der Waals surface area contributed by atoms with E-state index in [1.54, 1.807) is 31.2 Å². The first-order chi connectivity index (χ1) is 13.5. The molecule has 28 heavy (non-hydrogen) atoms. The molecular weight excluding hydrogens is 360 g/mol. The molecule has 0 radical (unpaired) electrons. The number of Topliss-reactive ketones (excluding diaryl/α,β-unsaturated/α-hetero) is 1. The minimum atomic E-state index is -0.356. The third-order valence-electron chi connectivity index (χ3n) is 4.61. The van der Waals surface area contributed by atoms with Gasteiger partial charge in [0, 0.05) is 18.4 Å². The second kappa shape index (κ2) is 8.69. The van der Waals surface area contributed by atoms with Crippen molar-refractivity contribution in [3.63, 3.8) is 0 Å². The number of esters is 1. The Morgan fingerprint density at radius 1 is 1.21 bits per heavy atom. The summed E-state index contributed by atoms with van der Waals surface area (Å²) in [5.41, 5.74) is 0.865. The van der Waals surface area contributed by atoms with Crippen LogP contribution in [0.4, 0.5) is 0 Å². The quantitative estimate of drug-likeness (QED) is 0.580. The van der Waals surface area contributed by atoms with Crippen LogP contribution in [0.3, 0.4) is 0 Å². The van der Waals surface area contributed by atoms with Crippen LogP contribution < -0.4 is 4.74 Å². The van der Waals surface area contributed by atoms with Gasteiger partial charge in [-0.1, -0.05) is 12.1 Å². The molecule has 0 aliphatic carbocycles. The van der Waals surface area contributed by atoms with Gasteiger partial charge in [-0.15, -0.1) is 0 Å². The maximum absolute atomic E-state index is 12.6. The number of para-hydroxylation sites is 1. The van der Waals surface area contributed by atoms with Crippen molar-refractivity contribution in [2.75, 3.05) is 6.61 Å². The van der Waals surface area contributed by atoms with Gasteiger partial charge in [0.1, 0.15) is 17.6 Å². The number of carbonyl (C=O) groups excluding carboxylic acids is 3. The Balaban J connectivity index is 1.69. The van der Waals surface area contributed by atoms with Crippen LogP contribution in [-0.4, -0.2) is 35.4 Å². The van der Waals surface area contributed by atoms with Crippen molar-refractivity contribution < 1.29 is 29.0 Å². The van der Waals surface area contributed by atoms with Crippen LogP contribution in [-0.2, 0) is 9.53 Å². The van der Waals surface area contributed by atoms with E-state index in [0.717, 1.165) is 0 Å². The number of hydrogen-bond donors (Lipinski definition) is 1. The summed E-state index contributed by atoms with van der Waals surface area (Å²) in [5, 5.41) is 9.88. The molecule has 1 aliphatic heterocycles. The first kappa shape index (κ1) is 19.6. The van der Waals surface area contributed by atoms with Gasteiger partial charge in [0.05, 0.1) is 17.7 Å². The molecule has 2 aromatic rings. The Morgan fingerprint density at radius 3 is 2.75 bits per heavy atom. The third kappa shape index (κ3) is 4.39. The Bertz CT molecular complexity index is 902. The van der Waals surface area contributed by atoms with Crippen LogP contribution in [0.25, 0.3) is 0 Å². The van der Waals surface area contributed by atoms with E-state index in [1.807, 2.05) is 0 Å². The first-order valence-electron chi connectivity index (χ1n) is 9.31. The van der Waals surface area contributed by atoms with Gasteiger partial charge in [0.15, 0.2) is 11.6 Å². The van der Waals surface area contributed by atoms with Crippen LogP contribution in [0.2, 0.25) is 0 Å². The summed E-state index contributed by atoms with van der Waals surface area (Å²) in [7, 11) is 0. The molecule has 1 N–H and O–H groups in total. The molecule has 2 aromatic carbocycles. The molecule has 1 atom stereocenters. The molecular formula is C22H22O6. The fourth-order valence-corrected chi connectivity index (χ4v) is 3.22. The minimum absolute atomic E-state index is 0.102. The Hall–Kier alpha value is -3.15. The lowest BCUT2D eigenvalue weighted by atomic mass is 9.94. The van der Waals surface area contributed by atoms with Crippen LogP contribution in [0.5, 0.6) is 11.5 Å². The molecule has 0 aromatic heterocycles. The summed E-state index contributed by atoms with van der Waals surface area (Å²) >= 11 is 0. The van der Waals surface area contributed by atoms with E-state index < -0.39 is 0 Å². The standard InChI is InChI=1S/C22H22O6/c1-2-27-21(25)9-5-6-15-13-19(24)17-12-14(10-11-20(17)28-15)22(26)16-7-3-4-8-18(16)23/h3-4,7-8,10-12,15,23H,2,5-6,9,13H2,1H3. The highest BCUT2D eigenvalue weighted by Crippen LogP contribution is 2.31. The van der Waals surface area contributed by atoms with E-state index in [4.69, 9.17) is 9.47 Å². The zero-order valence-corrected chi connectivity index (χ0v) is 15.6. The molecule has 0 bridgehead atoms. The fraction of sp³-hybridized carbons (Fsp3) is 0.318. The van der Waals surface area contributed by atoms with Crippen LogP contribution in [0.15, 0.2) is 42.5 Å². The highest BCUT2D eigenvalue weighted by molar-refractivity contribution is 6.12. The topological polar surface area (TPSA) is 89.9 Å². The second-order valence-corrected chi connectivity index (χ2v) is 6.62. The number of ketones is 2. The van der Waals surface area contributed by atoms with E-state index >= 15 is 0 Å². The SMILES string of the molecule is CCOC(=O)CCCC1CC(=O)c2cc(C(=O)c3ccccc3O)ccc2O1. The lowest BCUT2D eigenvalue weighted by molar-refractivity contribution is -0.143. The van der Waals surface area contributed by atoms with Gasteiger partial charge in [-0.3, -0.25) is 14.4 Å². The fourth-order valence-electron chi connectivity index (χ4n) is 3.22. The molecule has 0 saturated carbocycles. The molecule has 6 heteroatoms. The highest BCUT2D eigenvalue weighted by atomic mass is 16.5. The number of phenols is 1. The van der Waals surface area contributed by atoms with Crippen molar-refractivity contribution >= 4 is 17.5 Å². The van der Waals surface area contributed by atoms with Gasteiger partial charge in [-0.25, -0.2) is 0 Å². The van der Waals surface area contributed by atoms with E-state index in [-0.39, 0.29) is 41.4 Å². The van der Waals surface area contributed by atoms with Gasteiger partial charge in [-0.05, 0) is 50.1 Å². The van der Waals surface area contributed by atoms with Crippen LogP contribution in [0, 0.1) is 0 Å². The predicted octanol–water partition coefficient (Wildman–Crippen LogP) is 3.69. The van der Waals surface area contributed by atoms with Crippen molar-refractivity contribution in [3.8, 4) is 11.5 Å². The molecule has 146 valence electrons. The third-order valence-corrected chi connectivity index (χ3v) is 4.61. The number of phenolic OH excluding ortho intramolecular Hbond substituents is 1. The van der Waals surface area contributed by atoms with Crippen molar-refractivity contribution in [1.82, 2.24) is 0 Å². The summed E-state index contributed by atoms with van der Waals surface area (Å²) < 4.78 is 10.8. The van der Waals surface area contributed by atoms with E-state index in [1.165, 1.54) is 18.2 Å². The second-order valence-electron chi connectivity index (χ2n) is 6.62. The van der Waals surface area contributed by atoms with Gasteiger partial charge < -0.3 is 14.6 Å². The van der Waals surface area contributed by atoms with Crippen molar-refractivity contribution in [3.05, 3.63) is 59.2 Å². The van der Waals surface area contributed by atoms with Gasteiger partial charge >= 0.3 is 5.97 Å². The summed E-state index contributed by atoms with van der Waals surface area (Å²) in [6.07, 6.45) is 1.35. The molecule has 0 amide bonds. The summed E-state index contributed by atoms with van der Waals surface area (Å²) in [4.78, 5) is 36.6. The molecule has 1 heterocycles. The molecule has 3 rings (SSSR count). The number of aromatic hydroxyl groups is 1. The lowest BCUT2D eigenvalue weighted by Gasteiger charge is -2.25. The lowest BCUT2D eigenvalue weighted by Crippen LogP contribution is -2.27. The van der Waals surface area contributed by atoms with Crippen LogP contribution >= 0.6 is 0 Å². The van der Waals surface area contributed by atoms with Crippen molar-refractivity contribution in [2.24, 2.45) is 0 Å². The average molecular weight is 382 g/mol. The number of benzene rings is 2. The van der Waals surface area contributed by atoms with E-state index in [0.29, 0.717) is 42.7 Å². The predicted molar refractivity (Wildman–Crippen MR) is 102 cm³/mol. The Labute approximate surface area is 163 Å². The van der Waals surface area contributed by atoms with Crippen LogP contribution in [0.1, 0.15) is 58.9 Å². The molecule has 0 fully saturated rings. The van der Waals surface area contributed by atoms with Gasteiger partial charge in [0.25, 0.3) is 0 Å². The summed E-state index contributed by atoms with van der Waals surface area (Å²) in [6, 6.07) is 11.0. The largest absolute Gasteiger partial charge is 0.507 e. The smallest absolute Gasteiger partial charge is 0.305 e. The first-order valence-corrected chi connectivity index (χ1v) is 9.31. The monoisotopic (exact) mass is 382 g/mol. The summed E-state index contributed by atoms with van der Waals surface area (Å²) in [5.74, 6) is -0.377. The molecule has 1 unspecified atom stereocenters. The maximum Gasteiger partial charge on any atom is 0.305 e. The molecule has 0 spiro atoms. The highest BCUT2D eigenvalue weighted by Gasteiger charge is 2.27. The molecule has 0 saturated heterocycles. The zero-order valence-electron chi connectivity index (χ0n) is 15.6. The number of hydrogen-bond acceptors (Lipinski definition) is 6. The van der Waals surface area contributed by atoms with Gasteiger partial charge in [-0.2, -0.15) is 0 Å². The summed E-state index contributed by atoms with van der Waals surface area (Å²) in [6.45, 7) is 2.11. The Morgan fingerprint density at radius 2 is 2.00 bits per heavy atom.